The lowest BCUT2D eigenvalue weighted by Crippen LogP contribution is -2.25. The van der Waals surface area contributed by atoms with E-state index in [0.717, 1.165) is 31.2 Å². The van der Waals surface area contributed by atoms with Crippen LogP contribution >= 0.6 is 11.6 Å². The van der Waals surface area contributed by atoms with Crippen molar-refractivity contribution in [2.75, 3.05) is 19.0 Å². The van der Waals surface area contributed by atoms with Gasteiger partial charge in [0.2, 0.25) is 0 Å². The van der Waals surface area contributed by atoms with Crippen molar-refractivity contribution in [3.63, 3.8) is 0 Å². The van der Waals surface area contributed by atoms with Crippen LogP contribution in [0.3, 0.4) is 0 Å². The summed E-state index contributed by atoms with van der Waals surface area (Å²) in [5.74, 6) is 1.10. The average molecular weight is 559 g/mol. The van der Waals surface area contributed by atoms with E-state index in [4.69, 9.17) is 26.1 Å². The molecule has 4 aromatic rings. The summed E-state index contributed by atoms with van der Waals surface area (Å²) in [6.07, 6.45) is 6.92. The zero-order valence-corrected chi connectivity index (χ0v) is 23.3. The number of fused-ring (bicyclic) bond motifs is 1. The molecular formula is C31H31ClN4O4. The second kappa shape index (κ2) is 12.3. The highest BCUT2D eigenvalue weighted by molar-refractivity contribution is 6.32. The Hall–Kier alpha value is -4.17. The lowest BCUT2D eigenvalue weighted by atomic mass is 9.88. The molecule has 1 saturated carbocycles. The minimum atomic E-state index is -0.328. The van der Waals surface area contributed by atoms with E-state index in [-0.39, 0.29) is 34.8 Å². The van der Waals surface area contributed by atoms with Gasteiger partial charge in [0.05, 0.1) is 29.2 Å². The minimum Gasteiger partial charge on any atom is -0.493 e. The van der Waals surface area contributed by atoms with E-state index in [9.17, 15) is 9.59 Å². The molecule has 1 aromatic heterocycles. The minimum absolute atomic E-state index is 0.170. The Bertz CT molecular complexity index is 1610. The van der Waals surface area contributed by atoms with Crippen LogP contribution in [-0.2, 0) is 4.79 Å². The second-order valence-corrected chi connectivity index (χ2v) is 10.3. The maximum absolute atomic E-state index is 13.5. The lowest BCUT2D eigenvalue weighted by Gasteiger charge is -2.22. The summed E-state index contributed by atoms with van der Waals surface area (Å²) < 4.78 is 12.6. The van der Waals surface area contributed by atoms with Crippen molar-refractivity contribution in [2.24, 2.45) is 5.10 Å². The maximum Gasteiger partial charge on any atom is 0.282 e. The van der Waals surface area contributed by atoms with Crippen molar-refractivity contribution >= 4 is 40.3 Å². The third-order valence-electron chi connectivity index (χ3n) is 7.01. The maximum atomic E-state index is 13.5. The van der Waals surface area contributed by atoms with Crippen molar-refractivity contribution < 1.29 is 14.3 Å². The van der Waals surface area contributed by atoms with Gasteiger partial charge in [-0.2, -0.15) is 9.78 Å². The fourth-order valence-electron chi connectivity index (χ4n) is 4.93. The van der Waals surface area contributed by atoms with E-state index in [0.29, 0.717) is 33.7 Å². The van der Waals surface area contributed by atoms with Crippen molar-refractivity contribution in [3.05, 3.63) is 93.0 Å². The SMILES string of the molecule is COc1cc(C=Nn2c(C3CCCCC3)nc3ccccc3c2=O)cc(Cl)c1OCC(=O)Nc1ccc(C)cc1. The fourth-order valence-corrected chi connectivity index (χ4v) is 5.20. The molecule has 0 radical (unpaired) electrons. The number of carbonyl (C=O) groups is 1. The van der Waals surface area contributed by atoms with Crippen LogP contribution in [-0.4, -0.2) is 35.5 Å². The number of benzene rings is 3. The average Bonchev–Trinajstić information content (AvgIpc) is 2.97. The number of aryl methyl sites for hydroxylation is 1. The number of methoxy groups -OCH3 is 1. The van der Waals surface area contributed by atoms with Gasteiger partial charge >= 0.3 is 0 Å². The van der Waals surface area contributed by atoms with Crippen LogP contribution in [0.5, 0.6) is 11.5 Å². The molecular weight excluding hydrogens is 528 g/mol. The van der Waals surface area contributed by atoms with E-state index in [1.807, 2.05) is 49.4 Å². The summed E-state index contributed by atoms with van der Waals surface area (Å²) in [7, 11) is 1.49. The van der Waals surface area contributed by atoms with Gasteiger partial charge in [0.15, 0.2) is 18.1 Å². The molecule has 1 aliphatic carbocycles. The predicted octanol–water partition coefficient (Wildman–Crippen LogP) is 6.31. The topological polar surface area (TPSA) is 94.8 Å². The molecule has 1 N–H and O–H groups in total. The van der Waals surface area contributed by atoms with Gasteiger partial charge in [0.1, 0.15) is 5.82 Å². The van der Waals surface area contributed by atoms with Gasteiger partial charge in [-0.15, -0.1) is 0 Å². The van der Waals surface area contributed by atoms with Crippen molar-refractivity contribution in [3.8, 4) is 11.5 Å². The van der Waals surface area contributed by atoms with Crippen LogP contribution in [0.2, 0.25) is 5.02 Å². The molecule has 40 heavy (non-hydrogen) atoms. The summed E-state index contributed by atoms with van der Waals surface area (Å²) >= 11 is 6.54. The van der Waals surface area contributed by atoms with Gasteiger partial charge in [-0.1, -0.05) is 60.7 Å². The van der Waals surface area contributed by atoms with Crippen LogP contribution in [0, 0.1) is 6.92 Å². The molecule has 1 aliphatic rings. The summed E-state index contributed by atoms with van der Waals surface area (Å²) in [5, 5.41) is 8.13. The number of hydrogen-bond acceptors (Lipinski definition) is 6. The third-order valence-corrected chi connectivity index (χ3v) is 7.29. The number of aromatic nitrogens is 2. The first kappa shape index (κ1) is 27.4. The number of carbonyl (C=O) groups excluding carboxylic acids is 1. The summed E-state index contributed by atoms with van der Waals surface area (Å²) in [4.78, 5) is 30.7. The highest BCUT2D eigenvalue weighted by Gasteiger charge is 2.22. The van der Waals surface area contributed by atoms with E-state index in [1.165, 1.54) is 18.2 Å². The Labute approximate surface area is 237 Å². The lowest BCUT2D eigenvalue weighted by molar-refractivity contribution is -0.118. The molecule has 0 bridgehead atoms. The third kappa shape index (κ3) is 6.18. The first-order valence-electron chi connectivity index (χ1n) is 13.4. The fraction of sp³-hybridized carbons (Fsp3) is 0.290. The Morgan fingerprint density at radius 2 is 1.88 bits per heavy atom. The van der Waals surface area contributed by atoms with Crippen molar-refractivity contribution in [1.29, 1.82) is 0 Å². The highest BCUT2D eigenvalue weighted by atomic mass is 35.5. The van der Waals surface area contributed by atoms with Crippen LogP contribution < -0.4 is 20.3 Å². The zero-order valence-electron chi connectivity index (χ0n) is 22.5. The zero-order chi connectivity index (χ0) is 28.1. The summed E-state index contributed by atoms with van der Waals surface area (Å²) in [6, 6.07) is 18.2. The number of hydrogen-bond donors (Lipinski definition) is 1. The highest BCUT2D eigenvalue weighted by Crippen LogP contribution is 2.36. The number of ether oxygens (including phenoxy) is 2. The van der Waals surface area contributed by atoms with E-state index in [2.05, 4.69) is 10.4 Å². The van der Waals surface area contributed by atoms with Gasteiger partial charge < -0.3 is 14.8 Å². The smallest absolute Gasteiger partial charge is 0.282 e. The summed E-state index contributed by atoms with van der Waals surface area (Å²) in [5.41, 5.74) is 2.85. The Morgan fingerprint density at radius 3 is 2.62 bits per heavy atom. The molecule has 1 amide bonds. The molecule has 206 valence electrons. The largest absolute Gasteiger partial charge is 0.493 e. The molecule has 0 atom stereocenters. The van der Waals surface area contributed by atoms with E-state index in [1.54, 1.807) is 24.4 Å². The number of nitrogens with zero attached hydrogens (tertiary/aromatic N) is 3. The van der Waals surface area contributed by atoms with Crippen LogP contribution in [0.4, 0.5) is 5.69 Å². The number of rotatable bonds is 8. The molecule has 1 heterocycles. The molecule has 9 heteroatoms. The number of amides is 1. The molecule has 0 spiro atoms. The number of para-hydroxylation sites is 1. The first-order valence-corrected chi connectivity index (χ1v) is 13.7. The Kier molecular flexibility index (Phi) is 8.45. The van der Waals surface area contributed by atoms with Crippen LogP contribution in [0.25, 0.3) is 10.9 Å². The molecule has 0 unspecified atom stereocenters. The van der Waals surface area contributed by atoms with E-state index < -0.39 is 0 Å². The standard InChI is InChI=1S/C31H31ClN4O4/c1-20-12-14-23(15-13-20)34-28(37)19-40-29-25(32)16-21(17-27(29)39-2)18-33-36-30(22-8-4-3-5-9-22)35-26-11-7-6-10-24(26)31(36)38/h6-7,10-18,22H,3-5,8-9,19H2,1-2H3,(H,34,37). The molecule has 3 aromatic carbocycles. The first-order chi connectivity index (χ1) is 19.4. The van der Waals surface area contributed by atoms with Gasteiger partial charge in [0.25, 0.3) is 11.5 Å². The monoisotopic (exact) mass is 558 g/mol. The number of anilines is 1. The quantitative estimate of drug-likeness (QED) is 0.256. The van der Waals surface area contributed by atoms with Gasteiger partial charge in [-0.3, -0.25) is 9.59 Å². The van der Waals surface area contributed by atoms with Gasteiger partial charge in [-0.05, 0) is 61.7 Å². The van der Waals surface area contributed by atoms with Gasteiger partial charge in [0, 0.05) is 11.6 Å². The Morgan fingerprint density at radius 1 is 1.12 bits per heavy atom. The molecule has 5 rings (SSSR count). The van der Waals surface area contributed by atoms with E-state index >= 15 is 0 Å². The molecule has 1 fully saturated rings. The molecule has 8 nitrogen and oxygen atoms in total. The second-order valence-electron chi connectivity index (χ2n) is 9.92. The molecule has 0 aliphatic heterocycles. The summed E-state index contributed by atoms with van der Waals surface area (Å²) in [6.45, 7) is 1.73. The number of halogens is 1. The molecule has 0 saturated heterocycles. The van der Waals surface area contributed by atoms with Gasteiger partial charge in [-0.25, -0.2) is 4.98 Å². The normalized spacial score (nSPS) is 14.0. The van der Waals surface area contributed by atoms with Crippen molar-refractivity contribution in [1.82, 2.24) is 9.66 Å². The Balaban J connectivity index is 1.39. The predicted molar refractivity (Wildman–Crippen MR) is 158 cm³/mol. The van der Waals surface area contributed by atoms with Crippen molar-refractivity contribution in [2.45, 2.75) is 44.9 Å². The number of nitrogens with one attached hydrogen (secondary N) is 1. The van der Waals surface area contributed by atoms with Crippen LogP contribution in [0.1, 0.15) is 55.0 Å². The van der Waals surface area contributed by atoms with Crippen LogP contribution in [0.15, 0.2) is 70.6 Å².